The molecule has 3 aromatic rings. The van der Waals surface area contributed by atoms with Crippen LogP contribution in [0.2, 0.25) is 0 Å². The molecule has 7 heteroatoms. The first kappa shape index (κ1) is 16.9. The Labute approximate surface area is 154 Å². The second kappa shape index (κ2) is 6.64. The van der Waals surface area contributed by atoms with Gasteiger partial charge in [-0.05, 0) is 55.1 Å². The van der Waals surface area contributed by atoms with Crippen LogP contribution in [0, 0.1) is 12.7 Å². The van der Waals surface area contributed by atoms with E-state index in [1.165, 1.54) is 24.7 Å². The lowest BCUT2D eigenvalue weighted by Gasteiger charge is -2.25. The predicted octanol–water partition coefficient (Wildman–Crippen LogP) is 4.12. The molecule has 0 aliphatic carbocycles. The van der Waals surface area contributed by atoms with E-state index in [-0.39, 0.29) is 17.7 Å². The fraction of sp³-hybridized carbons (Fsp3) is 0.316. The van der Waals surface area contributed by atoms with Crippen molar-refractivity contribution in [3.8, 4) is 5.75 Å². The number of aromatic nitrogens is 2. The number of pyridine rings is 1. The molecule has 26 heavy (non-hydrogen) atoms. The molecule has 2 aromatic heterocycles. The number of hydrogen-bond donors (Lipinski definition) is 0. The molecule has 3 heterocycles. The Morgan fingerprint density at radius 1 is 1.38 bits per heavy atom. The Hall–Kier alpha value is -2.54. The third kappa shape index (κ3) is 2.82. The molecule has 0 spiro atoms. The van der Waals surface area contributed by atoms with Crippen LogP contribution in [0.4, 0.5) is 4.39 Å². The maximum Gasteiger partial charge on any atom is 0.255 e. The topological polar surface area (TPSA) is 55.3 Å². The average Bonchev–Trinajstić information content (AvgIpc) is 3.28. The molecule has 4 rings (SSSR count). The van der Waals surface area contributed by atoms with Crippen molar-refractivity contribution in [3.63, 3.8) is 0 Å². The number of nitrogens with zero attached hydrogens (tertiary/aromatic N) is 3. The molecule has 1 saturated heterocycles. The number of amides is 1. The first-order chi connectivity index (χ1) is 12.6. The number of benzene rings is 1. The third-order valence-corrected chi connectivity index (χ3v) is 5.69. The molecule has 0 bridgehead atoms. The van der Waals surface area contributed by atoms with Crippen molar-refractivity contribution in [1.29, 1.82) is 0 Å². The van der Waals surface area contributed by atoms with E-state index >= 15 is 0 Å². The fourth-order valence-electron chi connectivity index (χ4n) is 3.47. The summed E-state index contributed by atoms with van der Waals surface area (Å²) in [6.45, 7) is 2.56. The number of likely N-dealkylation sites (tertiary alicyclic amines) is 1. The van der Waals surface area contributed by atoms with Gasteiger partial charge in [0.15, 0.2) is 11.6 Å². The first-order valence-corrected chi connectivity index (χ1v) is 9.22. The lowest BCUT2D eigenvalue weighted by molar-refractivity contribution is 0.0735. The van der Waals surface area contributed by atoms with Gasteiger partial charge in [0.25, 0.3) is 5.91 Å². The largest absolute Gasteiger partial charge is 0.494 e. The van der Waals surface area contributed by atoms with Gasteiger partial charge >= 0.3 is 0 Å². The maximum absolute atomic E-state index is 14.1. The molecule has 0 N–H and O–H groups in total. The molecule has 1 aliphatic rings. The van der Waals surface area contributed by atoms with Crippen LogP contribution in [-0.2, 0) is 0 Å². The minimum Gasteiger partial charge on any atom is -0.494 e. The van der Waals surface area contributed by atoms with Gasteiger partial charge in [-0.3, -0.25) is 4.79 Å². The Morgan fingerprint density at radius 2 is 2.23 bits per heavy atom. The zero-order chi connectivity index (χ0) is 18.3. The molecular formula is C19H18FN3O2S. The number of hydrogen-bond acceptors (Lipinski definition) is 5. The summed E-state index contributed by atoms with van der Waals surface area (Å²) >= 11 is 1.33. The highest BCUT2D eigenvalue weighted by Crippen LogP contribution is 2.35. The minimum absolute atomic E-state index is 0.0799. The molecule has 1 atom stereocenters. The predicted molar refractivity (Wildman–Crippen MR) is 98.1 cm³/mol. The van der Waals surface area contributed by atoms with Gasteiger partial charge in [-0.2, -0.15) is 4.37 Å². The zero-order valence-electron chi connectivity index (χ0n) is 14.5. The summed E-state index contributed by atoms with van der Waals surface area (Å²) in [6, 6.07) is 6.61. The molecule has 1 fully saturated rings. The van der Waals surface area contributed by atoms with E-state index in [1.807, 2.05) is 19.1 Å². The second-order valence-electron chi connectivity index (χ2n) is 6.40. The summed E-state index contributed by atoms with van der Waals surface area (Å²) in [5.41, 5.74) is 2.21. The van der Waals surface area contributed by atoms with E-state index in [4.69, 9.17) is 4.74 Å². The van der Waals surface area contributed by atoms with Crippen molar-refractivity contribution in [1.82, 2.24) is 14.3 Å². The number of ether oxygens (including phenoxy) is 1. The number of halogens is 1. The monoisotopic (exact) mass is 371 g/mol. The van der Waals surface area contributed by atoms with Crippen LogP contribution in [0.1, 0.15) is 40.5 Å². The number of carbonyl (C=O) groups excluding carboxylic acids is 1. The normalized spacial score (nSPS) is 17.0. The van der Waals surface area contributed by atoms with E-state index in [0.29, 0.717) is 12.1 Å². The molecule has 1 unspecified atom stereocenters. The average molecular weight is 371 g/mol. The van der Waals surface area contributed by atoms with Gasteiger partial charge in [0.05, 0.1) is 24.4 Å². The Kier molecular flexibility index (Phi) is 4.32. The SMILES string of the molecule is COc1ccc(C2CCCN2C(=O)c2cnc3snc(C)c3c2)cc1F. The summed E-state index contributed by atoms with van der Waals surface area (Å²) in [5.74, 6) is -0.282. The van der Waals surface area contributed by atoms with Crippen LogP contribution in [0.25, 0.3) is 10.2 Å². The smallest absolute Gasteiger partial charge is 0.255 e. The maximum atomic E-state index is 14.1. The third-order valence-electron chi connectivity index (χ3n) is 4.83. The van der Waals surface area contributed by atoms with Crippen LogP contribution < -0.4 is 4.74 Å². The Bertz CT molecular complexity index is 988. The number of rotatable bonds is 3. The highest BCUT2D eigenvalue weighted by molar-refractivity contribution is 7.12. The van der Waals surface area contributed by atoms with E-state index in [1.54, 1.807) is 17.2 Å². The molecule has 5 nitrogen and oxygen atoms in total. The van der Waals surface area contributed by atoms with Gasteiger partial charge in [-0.25, -0.2) is 9.37 Å². The van der Waals surface area contributed by atoms with Crippen LogP contribution in [-0.4, -0.2) is 33.8 Å². The van der Waals surface area contributed by atoms with Crippen molar-refractivity contribution >= 4 is 27.7 Å². The minimum atomic E-state index is -0.410. The van der Waals surface area contributed by atoms with E-state index < -0.39 is 5.82 Å². The van der Waals surface area contributed by atoms with Gasteiger partial charge in [0.2, 0.25) is 0 Å². The highest BCUT2D eigenvalue weighted by Gasteiger charge is 2.31. The van der Waals surface area contributed by atoms with Crippen LogP contribution in [0.3, 0.4) is 0 Å². The molecule has 134 valence electrons. The summed E-state index contributed by atoms with van der Waals surface area (Å²) in [4.78, 5) is 20.1. The standard InChI is InChI=1S/C19H18FN3O2S/c1-11-14-8-13(10-21-18(14)26-22-11)19(24)23-7-3-4-16(23)12-5-6-17(25-2)15(20)9-12/h5-6,8-10,16H,3-4,7H2,1-2H3. The van der Waals surface area contributed by atoms with Crippen LogP contribution >= 0.6 is 11.5 Å². The summed E-state index contributed by atoms with van der Waals surface area (Å²) in [5, 5.41) is 0.909. The second-order valence-corrected chi connectivity index (χ2v) is 7.15. The van der Waals surface area contributed by atoms with Gasteiger partial charge in [0, 0.05) is 18.1 Å². The zero-order valence-corrected chi connectivity index (χ0v) is 15.3. The number of methoxy groups -OCH3 is 1. The van der Waals surface area contributed by atoms with Gasteiger partial charge in [-0.1, -0.05) is 6.07 Å². The fourth-order valence-corrected chi connectivity index (χ4v) is 4.20. The molecular weight excluding hydrogens is 353 g/mol. The van der Waals surface area contributed by atoms with Gasteiger partial charge < -0.3 is 9.64 Å². The molecule has 1 amide bonds. The van der Waals surface area contributed by atoms with E-state index in [2.05, 4.69) is 9.36 Å². The first-order valence-electron chi connectivity index (χ1n) is 8.45. The van der Waals surface area contributed by atoms with Gasteiger partial charge in [-0.15, -0.1) is 0 Å². The molecule has 0 radical (unpaired) electrons. The van der Waals surface area contributed by atoms with Crippen molar-refractivity contribution in [2.24, 2.45) is 0 Å². The van der Waals surface area contributed by atoms with Crippen molar-refractivity contribution in [2.45, 2.75) is 25.8 Å². The number of fused-ring (bicyclic) bond motifs is 1. The summed E-state index contributed by atoms with van der Waals surface area (Å²) < 4.78 is 23.4. The lowest BCUT2D eigenvalue weighted by Crippen LogP contribution is -2.30. The Balaban J connectivity index is 1.65. The van der Waals surface area contributed by atoms with Gasteiger partial charge in [0.1, 0.15) is 4.83 Å². The molecule has 1 aromatic carbocycles. The summed E-state index contributed by atoms with van der Waals surface area (Å²) in [6.07, 6.45) is 3.30. The lowest BCUT2D eigenvalue weighted by atomic mass is 10.0. The summed E-state index contributed by atoms with van der Waals surface area (Å²) in [7, 11) is 1.44. The quantitative estimate of drug-likeness (QED) is 0.695. The van der Waals surface area contributed by atoms with Crippen molar-refractivity contribution < 1.29 is 13.9 Å². The van der Waals surface area contributed by atoms with Crippen molar-refractivity contribution in [3.05, 3.63) is 53.1 Å². The molecule has 1 aliphatic heterocycles. The van der Waals surface area contributed by atoms with E-state index in [9.17, 15) is 9.18 Å². The van der Waals surface area contributed by atoms with Crippen LogP contribution in [0.15, 0.2) is 30.5 Å². The van der Waals surface area contributed by atoms with Crippen molar-refractivity contribution in [2.75, 3.05) is 13.7 Å². The Morgan fingerprint density at radius 3 is 3.00 bits per heavy atom. The molecule has 0 saturated carbocycles. The highest BCUT2D eigenvalue weighted by atomic mass is 32.1. The number of carbonyl (C=O) groups is 1. The number of aryl methyl sites for hydroxylation is 1. The van der Waals surface area contributed by atoms with Crippen LogP contribution in [0.5, 0.6) is 5.75 Å². The van der Waals surface area contributed by atoms with E-state index in [0.717, 1.165) is 34.3 Å².